The first-order valence-electron chi connectivity index (χ1n) is 9.49. The van der Waals surface area contributed by atoms with E-state index in [1.807, 2.05) is 6.92 Å². The van der Waals surface area contributed by atoms with Gasteiger partial charge in [0, 0.05) is 25.2 Å². The Morgan fingerprint density at radius 2 is 2.08 bits per heavy atom. The zero-order valence-electron chi connectivity index (χ0n) is 15.3. The van der Waals surface area contributed by atoms with Crippen molar-refractivity contribution >= 4 is 15.8 Å². The van der Waals surface area contributed by atoms with Crippen molar-refractivity contribution in [2.75, 3.05) is 37.7 Å². The first-order chi connectivity index (χ1) is 11.5. The molecule has 0 aromatic rings. The smallest absolute Gasteiger partial charge is 0.191 e. The second-order valence-electron chi connectivity index (χ2n) is 7.09. The molecule has 140 valence electrons. The van der Waals surface area contributed by atoms with E-state index >= 15 is 0 Å². The minimum absolute atomic E-state index is 0.00185. The molecule has 0 aromatic heterocycles. The Morgan fingerprint density at radius 3 is 2.75 bits per heavy atom. The number of hydrogen-bond donors (Lipinski definition) is 2. The number of rotatable bonds is 7. The summed E-state index contributed by atoms with van der Waals surface area (Å²) in [6, 6.07) is 0.729. The van der Waals surface area contributed by atoms with Gasteiger partial charge in [-0.1, -0.05) is 6.42 Å². The van der Waals surface area contributed by atoms with E-state index in [0.717, 1.165) is 31.5 Å². The van der Waals surface area contributed by atoms with E-state index in [1.54, 1.807) is 0 Å². The lowest BCUT2D eigenvalue weighted by molar-refractivity contribution is 0.158. The van der Waals surface area contributed by atoms with Crippen LogP contribution in [0.1, 0.15) is 52.4 Å². The van der Waals surface area contributed by atoms with E-state index in [4.69, 9.17) is 0 Å². The van der Waals surface area contributed by atoms with Crippen molar-refractivity contribution in [1.29, 1.82) is 0 Å². The molecule has 2 fully saturated rings. The lowest BCUT2D eigenvalue weighted by Gasteiger charge is -2.33. The summed E-state index contributed by atoms with van der Waals surface area (Å²) in [5.41, 5.74) is 0. The number of aliphatic imine (C=N–C) groups is 1. The molecule has 0 bridgehead atoms. The molecular formula is C17H34N4O2S. The van der Waals surface area contributed by atoms with Crippen LogP contribution >= 0.6 is 0 Å². The Morgan fingerprint density at radius 1 is 1.25 bits per heavy atom. The molecule has 24 heavy (non-hydrogen) atoms. The third-order valence-corrected chi connectivity index (χ3v) is 6.75. The number of unbranched alkanes of at least 4 members (excludes halogenated alkanes) is 1. The van der Waals surface area contributed by atoms with E-state index < -0.39 is 9.84 Å². The molecular weight excluding hydrogens is 324 g/mol. The topological polar surface area (TPSA) is 73.8 Å². The van der Waals surface area contributed by atoms with Crippen LogP contribution in [-0.2, 0) is 9.84 Å². The van der Waals surface area contributed by atoms with Crippen LogP contribution in [0.2, 0.25) is 0 Å². The molecule has 2 heterocycles. The van der Waals surface area contributed by atoms with Crippen molar-refractivity contribution in [3.8, 4) is 0 Å². The van der Waals surface area contributed by atoms with Crippen LogP contribution < -0.4 is 10.6 Å². The lowest BCUT2D eigenvalue weighted by Crippen LogP contribution is -2.44. The maximum absolute atomic E-state index is 11.6. The van der Waals surface area contributed by atoms with Gasteiger partial charge in [0.25, 0.3) is 0 Å². The molecule has 6 nitrogen and oxygen atoms in total. The molecule has 7 heteroatoms. The molecule has 0 radical (unpaired) electrons. The minimum atomic E-state index is -2.85. The molecule has 0 spiro atoms. The van der Waals surface area contributed by atoms with Crippen molar-refractivity contribution in [3.63, 3.8) is 0 Å². The van der Waals surface area contributed by atoms with Crippen LogP contribution in [0.3, 0.4) is 0 Å². The molecule has 2 atom stereocenters. The van der Waals surface area contributed by atoms with Gasteiger partial charge in [0.15, 0.2) is 15.8 Å². The summed E-state index contributed by atoms with van der Waals surface area (Å²) >= 11 is 0. The van der Waals surface area contributed by atoms with Gasteiger partial charge in [-0.05, 0) is 59.0 Å². The summed E-state index contributed by atoms with van der Waals surface area (Å²) in [4.78, 5) is 7.20. The predicted octanol–water partition coefficient (Wildman–Crippen LogP) is 1.38. The fourth-order valence-corrected chi connectivity index (χ4v) is 5.20. The Bertz CT molecular complexity index is 507. The van der Waals surface area contributed by atoms with Crippen LogP contribution in [0, 0.1) is 0 Å². The average molecular weight is 359 g/mol. The van der Waals surface area contributed by atoms with Crippen LogP contribution in [0.4, 0.5) is 0 Å². The SMILES string of the molecule is CCNC(=NCCCCN1CCCCC1C)NC1CCS(=O)(=O)C1. The van der Waals surface area contributed by atoms with Crippen LogP contribution in [0.25, 0.3) is 0 Å². The Kier molecular flexibility index (Phi) is 7.81. The number of hydrogen-bond acceptors (Lipinski definition) is 4. The van der Waals surface area contributed by atoms with Gasteiger partial charge in [-0.3, -0.25) is 4.99 Å². The van der Waals surface area contributed by atoms with Gasteiger partial charge in [0.05, 0.1) is 11.5 Å². The van der Waals surface area contributed by atoms with Gasteiger partial charge in [-0.2, -0.15) is 0 Å². The fourth-order valence-electron chi connectivity index (χ4n) is 3.53. The second-order valence-corrected chi connectivity index (χ2v) is 9.32. The average Bonchev–Trinajstić information content (AvgIpc) is 2.87. The van der Waals surface area contributed by atoms with Crippen molar-refractivity contribution in [3.05, 3.63) is 0 Å². The number of nitrogens with zero attached hydrogens (tertiary/aromatic N) is 2. The monoisotopic (exact) mass is 358 g/mol. The molecule has 0 amide bonds. The highest BCUT2D eigenvalue weighted by atomic mass is 32.2. The maximum Gasteiger partial charge on any atom is 0.191 e. The van der Waals surface area contributed by atoms with Crippen molar-refractivity contribution in [1.82, 2.24) is 15.5 Å². The first-order valence-corrected chi connectivity index (χ1v) is 11.3. The lowest BCUT2D eigenvalue weighted by atomic mass is 10.0. The summed E-state index contributed by atoms with van der Waals surface area (Å²) in [5.74, 6) is 1.27. The molecule has 2 N–H and O–H groups in total. The first kappa shape index (κ1) is 19.5. The number of piperidine rings is 1. The molecule has 2 aliphatic rings. The Labute approximate surface area is 147 Å². The van der Waals surface area contributed by atoms with E-state index in [0.29, 0.717) is 6.42 Å². The molecule has 0 aliphatic carbocycles. The Hall–Kier alpha value is -0.820. The highest BCUT2D eigenvalue weighted by Crippen LogP contribution is 2.16. The zero-order chi connectivity index (χ0) is 17.4. The number of nitrogens with one attached hydrogen (secondary N) is 2. The molecule has 2 unspecified atom stereocenters. The molecule has 2 aliphatic heterocycles. The van der Waals surface area contributed by atoms with Crippen molar-refractivity contribution in [2.45, 2.75) is 64.5 Å². The normalized spacial score (nSPS) is 28.0. The highest BCUT2D eigenvalue weighted by molar-refractivity contribution is 7.91. The maximum atomic E-state index is 11.6. The molecule has 2 saturated heterocycles. The van der Waals surface area contributed by atoms with Crippen LogP contribution in [0.15, 0.2) is 4.99 Å². The van der Waals surface area contributed by atoms with Gasteiger partial charge in [0.1, 0.15) is 0 Å². The second kappa shape index (κ2) is 9.61. The number of guanidine groups is 1. The van der Waals surface area contributed by atoms with Crippen molar-refractivity contribution in [2.24, 2.45) is 4.99 Å². The predicted molar refractivity (Wildman–Crippen MR) is 100 cm³/mol. The zero-order valence-corrected chi connectivity index (χ0v) is 16.1. The van der Waals surface area contributed by atoms with Crippen molar-refractivity contribution < 1.29 is 8.42 Å². The minimum Gasteiger partial charge on any atom is -0.357 e. The van der Waals surface area contributed by atoms with Gasteiger partial charge in [0.2, 0.25) is 0 Å². The summed E-state index contributed by atoms with van der Waals surface area (Å²) in [7, 11) is -2.85. The Balaban J connectivity index is 1.69. The number of likely N-dealkylation sites (tertiary alicyclic amines) is 1. The largest absolute Gasteiger partial charge is 0.357 e. The highest BCUT2D eigenvalue weighted by Gasteiger charge is 2.28. The van der Waals surface area contributed by atoms with E-state index in [2.05, 4.69) is 27.4 Å². The fraction of sp³-hybridized carbons (Fsp3) is 0.941. The quantitative estimate of drug-likeness (QED) is 0.409. The molecule has 2 rings (SSSR count). The summed E-state index contributed by atoms with van der Waals surface area (Å²) in [5, 5.41) is 6.49. The van der Waals surface area contributed by atoms with E-state index in [1.165, 1.54) is 38.8 Å². The van der Waals surface area contributed by atoms with Gasteiger partial charge in [-0.25, -0.2) is 8.42 Å². The molecule has 0 saturated carbocycles. The molecule has 0 aromatic carbocycles. The number of sulfone groups is 1. The third kappa shape index (κ3) is 6.59. The van der Waals surface area contributed by atoms with E-state index in [9.17, 15) is 8.42 Å². The summed E-state index contributed by atoms with van der Waals surface area (Å²) in [6.07, 6.45) is 6.96. The standard InChI is InChI=1S/C17H34N4O2S/c1-3-18-17(20-16-9-13-24(22,23)14-16)19-10-5-7-12-21-11-6-4-8-15(21)2/h15-16H,3-14H2,1-2H3,(H2,18,19,20). The van der Waals surface area contributed by atoms with Gasteiger partial charge >= 0.3 is 0 Å². The van der Waals surface area contributed by atoms with Gasteiger partial charge < -0.3 is 15.5 Å². The summed E-state index contributed by atoms with van der Waals surface area (Å²) in [6.45, 7) is 8.35. The third-order valence-electron chi connectivity index (χ3n) is 4.98. The van der Waals surface area contributed by atoms with Gasteiger partial charge in [-0.15, -0.1) is 0 Å². The summed E-state index contributed by atoms with van der Waals surface area (Å²) < 4.78 is 23.1. The van der Waals surface area contributed by atoms with E-state index in [-0.39, 0.29) is 17.5 Å². The van der Waals surface area contributed by atoms with Crippen LogP contribution in [0.5, 0.6) is 0 Å². The van der Waals surface area contributed by atoms with Crippen LogP contribution in [-0.4, -0.2) is 69.0 Å².